The molecule has 9 aliphatic carbocycles. The lowest BCUT2D eigenvalue weighted by Gasteiger charge is -2.30. The molecule has 0 bridgehead atoms. The van der Waals surface area contributed by atoms with Gasteiger partial charge in [-0.05, 0) is 334 Å². The van der Waals surface area contributed by atoms with Gasteiger partial charge in [0.25, 0.3) is 0 Å². The Bertz CT molecular complexity index is 7000. The van der Waals surface area contributed by atoms with Gasteiger partial charge in [0, 0.05) is 11.3 Å². The van der Waals surface area contributed by atoms with Crippen molar-refractivity contribution in [2.24, 2.45) is 0 Å². The van der Waals surface area contributed by atoms with Crippen molar-refractivity contribution in [3.8, 4) is 89.0 Å². The average Bonchev–Trinajstić information content (AvgIpc) is 1.51. The fourth-order valence-corrected chi connectivity index (χ4v) is 22.3. The number of allylic oxidation sites excluding steroid dienone is 1. The maximum absolute atomic E-state index is 2.41. The third-order valence-electron chi connectivity index (χ3n) is 28.6. The van der Waals surface area contributed by atoms with Crippen LogP contribution in [-0.2, 0) is 42.9 Å². The van der Waals surface area contributed by atoms with Crippen LogP contribution in [0.1, 0.15) is 199 Å². The molecule has 0 N–H and O–H groups in total. The van der Waals surface area contributed by atoms with E-state index in [-0.39, 0.29) is 10.8 Å². The third kappa shape index (κ3) is 15.4. The molecule has 0 heterocycles. The van der Waals surface area contributed by atoms with Crippen LogP contribution >= 0.6 is 0 Å². The predicted octanol–water partition coefficient (Wildman–Crippen LogP) is 33.1. The van der Waals surface area contributed by atoms with Crippen molar-refractivity contribution < 1.29 is 0 Å². The van der Waals surface area contributed by atoms with Gasteiger partial charge in [-0.2, -0.15) is 0 Å². The summed E-state index contributed by atoms with van der Waals surface area (Å²) >= 11 is 0. The summed E-state index contributed by atoms with van der Waals surface area (Å²) in [4.78, 5) is 0. The lowest BCUT2D eigenvalue weighted by atomic mass is 9.70. The molecule has 1 atom stereocenters. The highest BCUT2D eigenvalue weighted by atomic mass is 14.5. The molecule has 26 rings (SSSR count). The molecule has 128 heavy (non-hydrogen) atoms. The van der Waals surface area contributed by atoms with Gasteiger partial charge in [0.05, 0.1) is 5.41 Å². The van der Waals surface area contributed by atoms with E-state index < -0.39 is 0 Å². The monoisotopic (exact) mass is 1650 g/mol. The van der Waals surface area contributed by atoms with E-state index in [1.807, 2.05) is 0 Å². The van der Waals surface area contributed by atoms with Crippen LogP contribution in [0.5, 0.6) is 0 Å². The first kappa shape index (κ1) is 84.0. The summed E-state index contributed by atoms with van der Waals surface area (Å²) in [6.45, 7) is 35.2. The maximum Gasteiger partial charge on any atom is 0.0725 e. The normalized spacial score (nSPS) is 14.0. The Hall–Kier alpha value is -13.5. The Balaban J connectivity index is 0.0000000965. The van der Waals surface area contributed by atoms with Gasteiger partial charge in [0.2, 0.25) is 0 Å². The summed E-state index contributed by atoms with van der Waals surface area (Å²) in [6, 6.07) is 123. The Morgan fingerprint density at radius 2 is 0.539 bits per heavy atom. The topological polar surface area (TPSA) is 0 Å². The van der Waals surface area contributed by atoms with E-state index in [0.717, 1.165) is 32.1 Å². The van der Waals surface area contributed by atoms with E-state index in [1.54, 1.807) is 0 Å². The van der Waals surface area contributed by atoms with E-state index >= 15 is 0 Å². The third-order valence-corrected chi connectivity index (χ3v) is 28.6. The zero-order chi connectivity index (χ0) is 88.6. The van der Waals surface area contributed by atoms with E-state index in [2.05, 4.69) is 457 Å². The number of fused-ring (bicyclic) bond motifs is 29. The van der Waals surface area contributed by atoms with Crippen LogP contribution in [0.3, 0.4) is 0 Å². The summed E-state index contributed by atoms with van der Waals surface area (Å²) in [6.07, 6.45) is 10.0. The molecule has 0 aliphatic heterocycles. The quantitative estimate of drug-likeness (QED) is 0.142. The molecule has 9 aliphatic rings. The minimum Gasteiger partial charge on any atom is -0.0795 e. The smallest absolute Gasteiger partial charge is 0.0725 e. The van der Waals surface area contributed by atoms with Gasteiger partial charge in [0.15, 0.2) is 0 Å². The minimum atomic E-state index is -0.199. The van der Waals surface area contributed by atoms with Crippen LogP contribution in [-0.4, -0.2) is 0 Å². The van der Waals surface area contributed by atoms with Crippen molar-refractivity contribution in [3.05, 3.63) is 512 Å². The molecule has 628 valence electrons. The van der Waals surface area contributed by atoms with Gasteiger partial charge in [-0.1, -0.05) is 417 Å². The molecule has 17 aromatic rings. The summed E-state index contributed by atoms with van der Waals surface area (Å²) in [5.74, 6) is 0.552. The van der Waals surface area contributed by atoms with E-state index in [1.165, 1.54) is 261 Å². The highest BCUT2D eigenvalue weighted by Gasteiger charge is 2.52. The first-order valence-corrected chi connectivity index (χ1v) is 46.3. The summed E-state index contributed by atoms with van der Waals surface area (Å²) in [5, 5.41) is 0. The van der Waals surface area contributed by atoms with Gasteiger partial charge in [-0.25, -0.2) is 0 Å². The second kappa shape index (κ2) is 34.3. The van der Waals surface area contributed by atoms with Gasteiger partial charge >= 0.3 is 0 Å². The Kier molecular flexibility index (Phi) is 22.5. The molecule has 0 nitrogen and oxygen atoms in total. The molecule has 0 aromatic heterocycles. The van der Waals surface area contributed by atoms with Crippen molar-refractivity contribution in [1.82, 2.24) is 0 Å². The van der Waals surface area contributed by atoms with Crippen LogP contribution in [0.15, 0.2) is 340 Å². The zero-order valence-corrected chi connectivity index (χ0v) is 77.5. The van der Waals surface area contributed by atoms with E-state index in [0.29, 0.717) is 5.92 Å². The van der Waals surface area contributed by atoms with Crippen molar-refractivity contribution in [1.29, 1.82) is 0 Å². The zero-order valence-electron chi connectivity index (χ0n) is 77.5. The van der Waals surface area contributed by atoms with Gasteiger partial charge < -0.3 is 0 Å². The molecular weight excluding hydrogens is 1540 g/mol. The SMILES string of the molecule is CC1(C)c2ccccc2-c2ccccc21.Cc1ccc(C)c2c1C=CC2.Cc1ccc2c(c1)-c1cc(C)ccc1C2.Cc1ccc2c(c1)C(C)c1ccccc1-2.Cc1ccc2c(c1)C1(c3ccccc3-c3ccccc31)c1cc(C)ccc1-2.Cc1ccc2c(c1)Cc1cc(C)ccc1-2.Cc1ccc2c(c1)Cc1ccc(C)cc1-2.Cc1cccc2c1-c1c(C)cccc1C2. The molecule has 0 fully saturated rings. The standard InChI is InChI=1S/C27H20.6C15H14.C11H12/c1-17-11-13-21-22-14-12-18(2)16-26(22)27(25(21)15-17)23-9-5-3-7-19(23)20-8-4-6-10-24(20)27;1-10-4-6-14-13(7-10)9-12-5-3-11(2)8-15(12)14;1-10-3-5-14-12(7-10)9-13-8-11(2)4-6-15(13)14;1-10-3-5-12-9-13-6-4-11(2)8-15(13)14(12)7-10;1-10-5-3-7-12-9-13-8-4-6-11(2)15(13)14(10)12;1-15(2)13-9-5-3-7-11(13)12-8-4-6-10-14(12)15;1-10-7-8-14-13-6-4-3-5-12(13)11(2)15(14)9-10;1-8-6-7-9(2)11-5-3-4-10(8)11/h3-16H,1-2H3;4*3-8H,9H2,1-2H3;3-10H,1-2H3;3-9,11H,1-2H3;3-4,6-7H,5H2,1-2H3. The summed E-state index contributed by atoms with van der Waals surface area (Å²) in [5.41, 5.74) is 66.8. The van der Waals surface area contributed by atoms with Gasteiger partial charge in [0.1, 0.15) is 0 Å². The Morgan fingerprint density at radius 3 is 1.00 bits per heavy atom. The Morgan fingerprint density at radius 1 is 0.219 bits per heavy atom. The van der Waals surface area contributed by atoms with Gasteiger partial charge in [-0.15, -0.1) is 0 Å². The average molecular weight is 1650 g/mol. The molecule has 0 saturated heterocycles. The van der Waals surface area contributed by atoms with Crippen molar-refractivity contribution in [3.63, 3.8) is 0 Å². The number of hydrogen-bond donors (Lipinski definition) is 0. The lowest BCUT2D eigenvalue weighted by Crippen LogP contribution is -2.26. The van der Waals surface area contributed by atoms with Crippen molar-refractivity contribution in [2.75, 3.05) is 0 Å². The molecule has 0 heteroatoms. The second-order valence-electron chi connectivity index (χ2n) is 38.1. The number of hydrogen-bond acceptors (Lipinski definition) is 0. The van der Waals surface area contributed by atoms with E-state index in [4.69, 9.17) is 0 Å². The lowest BCUT2D eigenvalue weighted by molar-refractivity contribution is 0.660. The Labute approximate surface area is 761 Å². The fourth-order valence-electron chi connectivity index (χ4n) is 22.3. The predicted molar refractivity (Wildman–Crippen MR) is 546 cm³/mol. The molecule has 0 amide bonds. The highest BCUT2D eigenvalue weighted by molar-refractivity contribution is 5.96. The first-order chi connectivity index (χ1) is 62.0. The van der Waals surface area contributed by atoms with Crippen LogP contribution in [0.2, 0.25) is 0 Å². The molecule has 17 aromatic carbocycles. The molecule has 1 unspecified atom stereocenters. The van der Waals surface area contributed by atoms with Crippen LogP contribution in [0, 0.1) is 90.0 Å². The number of aryl methyl sites for hydroxylation is 13. The number of benzene rings is 17. The molecule has 1 spiro atoms. The minimum absolute atomic E-state index is 0.160. The van der Waals surface area contributed by atoms with E-state index in [9.17, 15) is 0 Å². The molecular formula is C128H116. The van der Waals surface area contributed by atoms with Gasteiger partial charge in [-0.3, -0.25) is 0 Å². The van der Waals surface area contributed by atoms with Crippen molar-refractivity contribution in [2.45, 2.75) is 160 Å². The summed E-state index contributed by atoms with van der Waals surface area (Å²) < 4.78 is 0. The van der Waals surface area contributed by atoms with Crippen LogP contribution in [0.4, 0.5) is 0 Å². The summed E-state index contributed by atoms with van der Waals surface area (Å²) in [7, 11) is 0. The first-order valence-electron chi connectivity index (χ1n) is 46.3. The molecule has 0 saturated carbocycles. The second-order valence-corrected chi connectivity index (χ2v) is 38.1. The highest BCUT2D eigenvalue weighted by Crippen LogP contribution is 2.63. The number of rotatable bonds is 0. The van der Waals surface area contributed by atoms with Crippen LogP contribution in [0.25, 0.3) is 95.1 Å². The maximum atomic E-state index is 2.41. The van der Waals surface area contributed by atoms with Crippen LogP contribution < -0.4 is 0 Å². The largest absolute Gasteiger partial charge is 0.0795 e. The molecule has 0 radical (unpaired) electrons. The van der Waals surface area contributed by atoms with Crippen molar-refractivity contribution >= 4 is 6.08 Å². The fraction of sp³-hybridized carbons (Fsp3) is 0.188.